The highest BCUT2D eigenvalue weighted by molar-refractivity contribution is 14.1. The van der Waals surface area contributed by atoms with Crippen LogP contribution in [0.15, 0.2) is 12.1 Å². The Morgan fingerprint density at radius 1 is 1.22 bits per heavy atom. The highest BCUT2D eigenvalue weighted by atomic mass is 127. The second-order valence-electron chi connectivity index (χ2n) is 4.41. The Morgan fingerprint density at radius 3 is 2.61 bits per heavy atom. The van der Waals surface area contributed by atoms with Crippen LogP contribution in [0, 0.1) is 9.49 Å². The van der Waals surface area contributed by atoms with E-state index in [2.05, 4.69) is 47.7 Å². The van der Waals surface area contributed by atoms with Crippen molar-refractivity contribution in [3.8, 4) is 5.75 Å². The molecule has 3 heteroatoms. The molecule has 0 N–H and O–H groups in total. The van der Waals surface area contributed by atoms with Crippen molar-refractivity contribution in [1.82, 2.24) is 0 Å². The van der Waals surface area contributed by atoms with Gasteiger partial charge in [0.15, 0.2) is 0 Å². The Morgan fingerprint density at radius 2 is 1.94 bits per heavy atom. The number of halogens is 1. The summed E-state index contributed by atoms with van der Waals surface area (Å²) < 4.78 is 12.8. The van der Waals surface area contributed by atoms with Gasteiger partial charge in [-0.1, -0.05) is 13.0 Å². The first-order chi connectivity index (χ1) is 8.69. The van der Waals surface area contributed by atoms with Crippen LogP contribution in [0.2, 0.25) is 0 Å². The fourth-order valence-electron chi connectivity index (χ4n) is 2.32. The second kappa shape index (κ2) is 5.95. The lowest BCUT2D eigenvalue weighted by atomic mass is 9.96. The molecular formula is C15H19IO2. The van der Waals surface area contributed by atoms with Gasteiger partial charge in [-0.3, -0.25) is 0 Å². The third kappa shape index (κ3) is 2.51. The maximum absolute atomic E-state index is 5.83. The normalized spacial score (nSPS) is 18.0. The fraction of sp³-hybridized carbons (Fsp3) is 0.467. The molecule has 1 atom stereocenters. The van der Waals surface area contributed by atoms with Crippen LogP contribution in [0.1, 0.15) is 27.2 Å². The molecule has 0 fully saturated rings. The molecule has 0 heterocycles. The molecule has 0 amide bonds. The van der Waals surface area contributed by atoms with E-state index in [-0.39, 0.29) is 0 Å². The molecule has 1 unspecified atom stereocenters. The summed E-state index contributed by atoms with van der Waals surface area (Å²) in [6.45, 7) is 7.68. The van der Waals surface area contributed by atoms with Crippen LogP contribution in [-0.2, 0) is 4.74 Å². The standard InChI is InChI=1S/C15H19IO2/c1-4-17-14-10(3)6-7-12-11(14)8-9-13(16)15(12)18-5-2/h7-10H,4-6H2,1-3H3. The molecule has 0 aromatic heterocycles. The summed E-state index contributed by atoms with van der Waals surface area (Å²) in [5, 5.41) is 2.39. The number of hydrogen-bond acceptors (Lipinski definition) is 2. The number of ether oxygens (including phenoxy) is 2. The average molecular weight is 358 g/mol. The van der Waals surface area contributed by atoms with Crippen molar-refractivity contribution < 1.29 is 9.47 Å². The van der Waals surface area contributed by atoms with E-state index in [1.54, 1.807) is 0 Å². The second-order valence-corrected chi connectivity index (χ2v) is 5.57. The molecule has 1 aromatic carbocycles. The highest BCUT2D eigenvalue weighted by Gasteiger charge is 2.17. The predicted molar refractivity (Wildman–Crippen MR) is 82.9 cm³/mol. The Labute approximate surface area is 122 Å². The Hall–Kier alpha value is -0.710. The molecule has 18 heavy (non-hydrogen) atoms. The average Bonchev–Trinajstić information content (AvgIpc) is 2.36. The molecule has 0 spiro atoms. The lowest BCUT2D eigenvalue weighted by molar-refractivity contribution is 0.262. The van der Waals surface area contributed by atoms with Gasteiger partial charge in [-0.25, -0.2) is 0 Å². The van der Waals surface area contributed by atoms with Crippen LogP contribution in [0.25, 0.3) is 11.8 Å². The van der Waals surface area contributed by atoms with Gasteiger partial charge in [0.05, 0.1) is 16.8 Å². The molecular weight excluding hydrogens is 339 g/mol. The minimum Gasteiger partial charge on any atom is -0.497 e. The zero-order chi connectivity index (χ0) is 13.1. The summed E-state index contributed by atoms with van der Waals surface area (Å²) in [5.74, 6) is 2.55. The number of hydrogen-bond donors (Lipinski definition) is 0. The predicted octanol–water partition coefficient (Wildman–Crippen LogP) is 2.65. The maximum Gasteiger partial charge on any atom is 0.140 e. The largest absolute Gasteiger partial charge is 0.497 e. The Balaban J connectivity index is 2.70. The quantitative estimate of drug-likeness (QED) is 0.771. The number of fused-ring (bicyclic) bond motifs is 1. The molecule has 2 nitrogen and oxygen atoms in total. The van der Waals surface area contributed by atoms with Crippen molar-refractivity contribution in [2.75, 3.05) is 13.2 Å². The molecule has 0 radical (unpaired) electrons. The van der Waals surface area contributed by atoms with E-state index in [4.69, 9.17) is 9.47 Å². The Kier molecular flexibility index (Phi) is 4.54. The lowest BCUT2D eigenvalue weighted by Crippen LogP contribution is -2.35. The van der Waals surface area contributed by atoms with Gasteiger partial charge in [-0.15, -0.1) is 0 Å². The molecule has 2 rings (SSSR count). The fourth-order valence-corrected chi connectivity index (χ4v) is 2.95. The monoisotopic (exact) mass is 358 g/mol. The van der Waals surface area contributed by atoms with E-state index >= 15 is 0 Å². The van der Waals surface area contributed by atoms with Crippen LogP contribution < -0.4 is 15.2 Å². The van der Waals surface area contributed by atoms with Crippen molar-refractivity contribution in [2.45, 2.75) is 27.2 Å². The van der Waals surface area contributed by atoms with Crippen molar-refractivity contribution >= 4 is 34.4 Å². The topological polar surface area (TPSA) is 18.5 Å². The van der Waals surface area contributed by atoms with Crippen LogP contribution in [0.5, 0.6) is 5.75 Å². The van der Waals surface area contributed by atoms with Gasteiger partial charge >= 0.3 is 0 Å². The maximum atomic E-state index is 5.83. The summed E-state index contributed by atoms with van der Waals surface area (Å²) >= 11 is 2.33. The molecule has 1 aliphatic carbocycles. The third-order valence-electron chi connectivity index (χ3n) is 3.13. The van der Waals surface area contributed by atoms with E-state index in [9.17, 15) is 0 Å². The number of rotatable bonds is 4. The van der Waals surface area contributed by atoms with E-state index in [0.717, 1.165) is 28.1 Å². The smallest absolute Gasteiger partial charge is 0.140 e. The van der Waals surface area contributed by atoms with E-state index in [0.29, 0.717) is 12.5 Å². The highest BCUT2D eigenvalue weighted by Crippen LogP contribution is 2.21. The summed E-state index contributed by atoms with van der Waals surface area (Å²) in [5.41, 5.74) is 0. The first-order valence-corrected chi connectivity index (χ1v) is 7.55. The zero-order valence-corrected chi connectivity index (χ0v) is 13.3. The van der Waals surface area contributed by atoms with Crippen molar-refractivity contribution in [3.05, 3.63) is 26.1 Å². The number of benzene rings is 1. The lowest BCUT2D eigenvalue weighted by Gasteiger charge is -2.20. The van der Waals surface area contributed by atoms with Crippen molar-refractivity contribution in [3.63, 3.8) is 0 Å². The van der Waals surface area contributed by atoms with Gasteiger partial charge in [0.25, 0.3) is 0 Å². The molecule has 1 aliphatic rings. The summed E-state index contributed by atoms with van der Waals surface area (Å²) in [6, 6.07) is 4.26. The Bertz CT molecular complexity index is 548. The van der Waals surface area contributed by atoms with E-state index in [1.165, 1.54) is 10.4 Å². The molecule has 0 saturated heterocycles. The van der Waals surface area contributed by atoms with Crippen LogP contribution in [0.4, 0.5) is 0 Å². The molecule has 0 aliphatic heterocycles. The van der Waals surface area contributed by atoms with Gasteiger partial charge in [0.2, 0.25) is 0 Å². The van der Waals surface area contributed by atoms with E-state index < -0.39 is 0 Å². The third-order valence-corrected chi connectivity index (χ3v) is 3.97. The van der Waals surface area contributed by atoms with Crippen LogP contribution in [0.3, 0.4) is 0 Å². The minimum absolute atomic E-state index is 0.451. The van der Waals surface area contributed by atoms with Crippen molar-refractivity contribution in [2.24, 2.45) is 5.92 Å². The SMILES string of the molecule is CCOC1=c2ccc(I)c(OCC)c2=CCC1C. The molecule has 1 aromatic rings. The van der Waals surface area contributed by atoms with Gasteiger partial charge in [-0.05, 0) is 55.0 Å². The van der Waals surface area contributed by atoms with Crippen LogP contribution >= 0.6 is 22.6 Å². The van der Waals surface area contributed by atoms with Gasteiger partial charge < -0.3 is 9.47 Å². The first kappa shape index (κ1) is 13.7. The summed E-state index contributed by atoms with van der Waals surface area (Å²) in [6.07, 6.45) is 3.29. The van der Waals surface area contributed by atoms with E-state index in [1.807, 2.05) is 13.8 Å². The van der Waals surface area contributed by atoms with Gasteiger partial charge in [-0.2, -0.15) is 0 Å². The first-order valence-electron chi connectivity index (χ1n) is 6.47. The molecule has 0 saturated carbocycles. The molecule has 0 bridgehead atoms. The summed E-state index contributed by atoms with van der Waals surface area (Å²) in [4.78, 5) is 0. The zero-order valence-electron chi connectivity index (χ0n) is 11.1. The van der Waals surface area contributed by atoms with Crippen LogP contribution in [-0.4, -0.2) is 13.2 Å². The summed E-state index contributed by atoms with van der Waals surface area (Å²) in [7, 11) is 0. The minimum atomic E-state index is 0.451. The van der Waals surface area contributed by atoms with Gasteiger partial charge in [0.1, 0.15) is 11.5 Å². The van der Waals surface area contributed by atoms with Crippen molar-refractivity contribution in [1.29, 1.82) is 0 Å². The molecule has 98 valence electrons. The van der Waals surface area contributed by atoms with Gasteiger partial charge in [0, 0.05) is 16.4 Å².